The molecule has 0 aliphatic rings. The predicted octanol–water partition coefficient (Wildman–Crippen LogP) is -0.105. The van der Waals surface area contributed by atoms with E-state index >= 15 is 0 Å². The lowest BCUT2D eigenvalue weighted by molar-refractivity contribution is 0.0985. The van der Waals surface area contributed by atoms with Crippen LogP contribution in [0.1, 0.15) is 10.5 Å². The van der Waals surface area contributed by atoms with Crippen molar-refractivity contribution in [2.45, 2.75) is 0 Å². The number of hydrogen-bond donors (Lipinski definition) is 1. The molecule has 54 valence electrons. The SMILES string of the molecule is Cn1cc(C(=O)NI)nn1. The highest BCUT2D eigenvalue weighted by molar-refractivity contribution is 14.1. The van der Waals surface area contributed by atoms with Gasteiger partial charge in [-0.05, 0) is 0 Å². The van der Waals surface area contributed by atoms with E-state index in [0.717, 1.165) is 0 Å². The molecule has 0 radical (unpaired) electrons. The first-order chi connectivity index (χ1) is 4.74. The molecule has 0 atom stereocenters. The Labute approximate surface area is 71.3 Å². The van der Waals surface area contributed by atoms with Gasteiger partial charge in [0.1, 0.15) is 0 Å². The van der Waals surface area contributed by atoms with Crippen molar-refractivity contribution in [3.63, 3.8) is 0 Å². The van der Waals surface area contributed by atoms with Gasteiger partial charge in [0.2, 0.25) is 0 Å². The number of carbonyl (C=O) groups excluding carboxylic acids is 1. The molecule has 1 aromatic heterocycles. The van der Waals surface area contributed by atoms with Gasteiger partial charge in [-0.3, -0.25) is 13.0 Å². The maximum atomic E-state index is 10.8. The van der Waals surface area contributed by atoms with E-state index in [1.807, 2.05) is 0 Å². The molecule has 5 nitrogen and oxygen atoms in total. The largest absolute Gasteiger partial charge is 0.293 e. The summed E-state index contributed by atoms with van der Waals surface area (Å²) in [5.41, 5.74) is 0.330. The Morgan fingerprint density at radius 3 is 3.00 bits per heavy atom. The standard InChI is InChI=1S/C4H5IN4O/c1-9-2-3(7-8-9)4(10)6-5/h2H,1H3,(H,6,10). The summed E-state index contributed by atoms with van der Waals surface area (Å²) in [6.45, 7) is 0. The van der Waals surface area contributed by atoms with Gasteiger partial charge < -0.3 is 0 Å². The summed E-state index contributed by atoms with van der Waals surface area (Å²) in [6.07, 6.45) is 1.55. The highest BCUT2D eigenvalue weighted by atomic mass is 127. The number of halogens is 1. The molecule has 0 saturated heterocycles. The van der Waals surface area contributed by atoms with E-state index in [1.165, 1.54) is 4.68 Å². The minimum atomic E-state index is -0.228. The van der Waals surface area contributed by atoms with Gasteiger partial charge in [0.15, 0.2) is 5.69 Å². The lowest BCUT2D eigenvalue weighted by atomic mass is 10.5. The molecule has 10 heavy (non-hydrogen) atoms. The number of rotatable bonds is 1. The molecule has 0 spiro atoms. The normalized spacial score (nSPS) is 9.40. The summed E-state index contributed by atoms with van der Waals surface area (Å²) < 4.78 is 3.88. The Kier molecular flexibility index (Phi) is 2.20. The van der Waals surface area contributed by atoms with Gasteiger partial charge in [0.05, 0.1) is 29.1 Å². The highest BCUT2D eigenvalue weighted by Gasteiger charge is 2.06. The number of hydrogen-bond acceptors (Lipinski definition) is 3. The second-order valence-corrected chi connectivity index (χ2v) is 2.24. The van der Waals surface area contributed by atoms with E-state index in [0.29, 0.717) is 5.69 Å². The average Bonchev–Trinajstić information content (AvgIpc) is 2.34. The second-order valence-electron chi connectivity index (χ2n) is 1.70. The van der Waals surface area contributed by atoms with Gasteiger partial charge in [0, 0.05) is 7.05 Å². The van der Waals surface area contributed by atoms with Crippen LogP contribution in [0.4, 0.5) is 0 Å². The molecule has 0 aromatic carbocycles. The molecule has 0 aliphatic carbocycles. The number of nitrogens with zero attached hydrogens (tertiary/aromatic N) is 3. The van der Waals surface area contributed by atoms with Crippen LogP contribution in [0, 0.1) is 0 Å². The number of carbonyl (C=O) groups is 1. The summed E-state index contributed by atoms with van der Waals surface area (Å²) in [4.78, 5) is 10.8. The number of aromatic nitrogens is 3. The van der Waals surface area contributed by atoms with Crippen LogP contribution in [-0.2, 0) is 7.05 Å². The molecule has 1 aromatic rings. The van der Waals surface area contributed by atoms with E-state index in [-0.39, 0.29) is 5.91 Å². The van der Waals surface area contributed by atoms with E-state index in [2.05, 4.69) is 13.8 Å². The van der Waals surface area contributed by atoms with Crippen LogP contribution in [-0.4, -0.2) is 20.9 Å². The van der Waals surface area contributed by atoms with Crippen LogP contribution < -0.4 is 3.53 Å². The zero-order valence-corrected chi connectivity index (χ0v) is 7.36. The fourth-order valence-electron chi connectivity index (χ4n) is 0.500. The summed E-state index contributed by atoms with van der Waals surface area (Å²) in [5.74, 6) is -0.228. The minimum absolute atomic E-state index is 0.228. The predicted molar refractivity (Wildman–Crippen MR) is 42.5 cm³/mol. The fraction of sp³-hybridized carbons (Fsp3) is 0.250. The van der Waals surface area contributed by atoms with Gasteiger partial charge in [-0.25, -0.2) is 0 Å². The molecular formula is C4H5IN4O. The Bertz CT molecular complexity index is 245. The van der Waals surface area contributed by atoms with Gasteiger partial charge in [-0.1, -0.05) is 5.21 Å². The smallest absolute Gasteiger partial charge is 0.282 e. The van der Waals surface area contributed by atoms with Gasteiger partial charge in [0.25, 0.3) is 5.91 Å². The first-order valence-corrected chi connectivity index (χ1v) is 3.59. The van der Waals surface area contributed by atoms with Crippen molar-refractivity contribution in [2.75, 3.05) is 0 Å². The minimum Gasteiger partial charge on any atom is -0.293 e. The maximum absolute atomic E-state index is 10.8. The van der Waals surface area contributed by atoms with Crippen LogP contribution in [0.3, 0.4) is 0 Å². The molecule has 0 saturated carbocycles. The number of amides is 1. The second kappa shape index (κ2) is 2.95. The van der Waals surface area contributed by atoms with Crippen molar-refractivity contribution < 1.29 is 4.79 Å². The third-order valence-electron chi connectivity index (χ3n) is 0.921. The third-order valence-corrected chi connectivity index (χ3v) is 1.41. The molecule has 6 heteroatoms. The lowest BCUT2D eigenvalue weighted by Gasteiger charge is -1.86. The van der Waals surface area contributed by atoms with E-state index in [9.17, 15) is 4.79 Å². The quantitative estimate of drug-likeness (QED) is 0.560. The third kappa shape index (κ3) is 1.43. The fourth-order valence-corrected chi connectivity index (χ4v) is 0.776. The maximum Gasteiger partial charge on any atom is 0.282 e. The summed E-state index contributed by atoms with van der Waals surface area (Å²) >= 11 is 1.75. The van der Waals surface area contributed by atoms with Crippen molar-refractivity contribution in [2.24, 2.45) is 7.05 Å². The zero-order valence-electron chi connectivity index (χ0n) is 5.21. The van der Waals surface area contributed by atoms with Crippen LogP contribution >= 0.6 is 22.9 Å². The summed E-state index contributed by atoms with van der Waals surface area (Å²) in [7, 11) is 1.71. The summed E-state index contributed by atoms with van der Waals surface area (Å²) in [5, 5.41) is 7.17. The van der Waals surface area contributed by atoms with Gasteiger partial charge in [-0.2, -0.15) is 0 Å². The molecule has 0 fully saturated rings. The van der Waals surface area contributed by atoms with Crippen molar-refractivity contribution in [1.29, 1.82) is 0 Å². The van der Waals surface area contributed by atoms with Crippen LogP contribution in [0.15, 0.2) is 6.20 Å². The Morgan fingerprint density at radius 1 is 1.90 bits per heavy atom. The van der Waals surface area contributed by atoms with E-state index in [1.54, 1.807) is 36.1 Å². The molecule has 1 N–H and O–H groups in total. The summed E-state index contributed by atoms with van der Waals surface area (Å²) in [6, 6.07) is 0. The van der Waals surface area contributed by atoms with Crippen LogP contribution in [0.25, 0.3) is 0 Å². The average molecular weight is 252 g/mol. The monoisotopic (exact) mass is 252 g/mol. The van der Waals surface area contributed by atoms with Crippen molar-refractivity contribution >= 4 is 28.8 Å². The highest BCUT2D eigenvalue weighted by Crippen LogP contribution is 1.91. The van der Waals surface area contributed by atoms with Gasteiger partial charge >= 0.3 is 0 Å². The van der Waals surface area contributed by atoms with Crippen molar-refractivity contribution in [1.82, 2.24) is 18.5 Å². The Balaban J connectivity index is 2.85. The molecule has 0 aliphatic heterocycles. The number of aryl methyl sites for hydroxylation is 1. The molecule has 1 heterocycles. The van der Waals surface area contributed by atoms with E-state index in [4.69, 9.17) is 0 Å². The Hall–Kier alpha value is -0.660. The number of nitrogens with one attached hydrogen (secondary N) is 1. The van der Waals surface area contributed by atoms with Crippen molar-refractivity contribution in [3.05, 3.63) is 11.9 Å². The molecular weight excluding hydrogens is 247 g/mol. The first-order valence-electron chi connectivity index (χ1n) is 2.51. The zero-order chi connectivity index (χ0) is 7.56. The van der Waals surface area contributed by atoms with Crippen LogP contribution in [0.2, 0.25) is 0 Å². The van der Waals surface area contributed by atoms with E-state index < -0.39 is 0 Å². The topological polar surface area (TPSA) is 59.8 Å². The first kappa shape index (κ1) is 7.45. The Morgan fingerprint density at radius 2 is 2.60 bits per heavy atom. The molecule has 1 amide bonds. The van der Waals surface area contributed by atoms with Gasteiger partial charge in [-0.15, -0.1) is 5.10 Å². The molecule has 0 bridgehead atoms. The molecule has 0 unspecified atom stereocenters. The van der Waals surface area contributed by atoms with Crippen LogP contribution in [0.5, 0.6) is 0 Å². The van der Waals surface area contributed by atoms with Crippen molar-refractivity contribution in [3.8, 4) is 0 Å². The molecule has 1 rings (SSSR count). The lowest BCUT2D eigenvalue weighted by Crippen LogP contribution is -2.11.